The number of rotatable bonds is 4. The summed E-state index contributed by atoms with van der Waals surface area (Å²) < 4.78 is 47.2. The van der Waals surface area contributed by atoms with Crippen molar-refractivity contribution >= 4 is 40.6 Å². The van der Waals surface area contributed by atoms with Gasteiger partial charge in [0.2, 0.25) is 9.05 Å². The van der Waals surface area contributed by atoms with Crippen LogP contribution in [0, 0.1) is 0 Å². The van der Waals surface area contributed by atoms with E-state index in [1.165, 1.54) is 10.9 Å². The van der Waals surface area contributed by atoms with Gasteiger partial charge >= 0.3 is 0 Å². The molecule has 0 bridgehead atoms. The highest BCUT2D eigenvalue weighted by Gasteiger charge is 2.23. The zero-order chi connectivity index (χ0) is 14.3. The third kappa shape index (κ3) is 3.01. The monoisotopic (exact) mass is 324 g/mol. The van der Waals surface area contributed by atoms with Gasteiger partial charge in [0, 0.05) is 17.7 Å². The van der Waals surface area contributed by atoms with Gasteiger partial charge in [-0.25, -0.2) is 26.8 Å². The summed E-state index contributed by atoms with van der Waals surface area (Å²) in [7, 11) is -1.15. The molecule has 2 heterocycles. The van der Waals surface area contributed by atoms with Gasteiger partial charge in [-0.2, -0.15) is 5.10 Å². The van der Waals surface area contributed by atoms with Crippen LogP contribution in [0.5, 0.6) is 0 Å². The average molecular weight is 325 g/mol. The molecule has 0 atom stereocenters. The number of aryl methyl sites for hydroxylation is 1. The lowest BCUT2D eigenvalue weighted by atomic mass is 10.4. The van der Waals surface area contributed by atoms with Crippen LogP contribution in [0.25, 0.3) is 11.0 Å². The molecular formula is C8H9ClN4O4S2. The standard InChI is InChI=1S/C8H9ClN4O4S2/c1-13-7-6(4-12-13)8(11-5-10-7)18(14,15)2-3-19(9,16)17/h4-5H,2-3H2,1H3. The molecule has 8 nitrogen and oxygen atoms in total. The van der Waals surface area contributed by atoms with Crippen molar-refractivity contribution < 1.29 is 16.8 Å². The summed E-state index contributed by atoms with van der Waals surface area (Å²) in [6.07, 6.45) is 2.41. The number of aromatic nitrogens is 4. The van der Waals surface area contributed by atoms with E-state index in [2.05, 4.69) is 15.1 Å². The summed E-state index contributed by atoms with van der Waals surface area (Å²) in [6.45, 7) is 0. The van der Waals surface area contributed by atoms with Crippen LogP contribution in [0.1, 0.15) is 0 Å². The molecule has 0 fully saturated rings. The molecule has 104 valence electrons. The van der Waals surface area contributed by atoms with Crippen LogP contribution < -0.4 is 0 Å². The van der Waals surface area contributed by atoms with Crippen molar-refractivity contribution in [2.45, 2.75) is 5.03 Å². The molecule has 0 saturated heterocycles. The van der Waals surface area contributed by atoms with E-state index in [9.17, 15) is 16.8 Å². The minimum atomic E-state index is -3.88. The van der Waals surface area contributed by atoms with Crippen molar-refractivity contribution in [2.24, 2.45) is 7.05 Å². The van der Waals surface area contributed by atoms with E-state index in [1.54, 1.807) is 7.05 Å². The molecule has 19 heavy (non-hydrogen) atoms. The van der Waals surface area contributed by atoms with Crippen molar-refractivity contribution in [3.8, 4) is 0 Å². The molecule has 0 aromatic carbocycles. The highest BCUT2D eigenvalue weighted by atomic mass is 35.7. The number of sulfone groups is 1. The van der Waals surface area contributed by atoms with Gasteiger partial charge in [0.15, 0.2) is 20.5 Å². The Kier molecular flexibility index (Phi) is 3.49. The Balaban J connectivity index is 2.49. The van der Waals surface area contributed by atoms with Crippen LogP contribution in [0.4, 0.5) is 0 Å². The summed E-state index contributed by atoms with van der Waals surface area (Å²) in [5.41, 5.74) is 0.349. The van der Waals surface area contributed by atoms with Crippen molar-refractivity contribution in [1.82, 2.24) is 19.7 Å². The fourth-order valence-electron chi connectivity index (χ4n) is 1.49. The van der Waals surface area contributed by atoms with Crippen molar-refractivity contribution in [3.05, 3.63) is 12.5 Å². The first-order valence-electron chi connectivity index (χ1n) is 4.98. The van der Waals surface area contributed by atoms with Crippen LogP contribution in [0.15, 0.2) is 17.6 Å². The maximum Gasteiger partial charge on any atom is 0.233 e. The summed E-state index contributed by atoms with van der Waals surface area (Å²) >= 11 is 0. The largest absolute Gasteiger partial charge is 0.250 e. The molecule has 0 spiro atoms. The van der Waals surface area contributed by atoms with E-state index >= 15 is 0 Å². The Hall–Kier alpha value is -1.26. The zero-order valence-corrected chi connectivity index (χ0v) is 12.1. The van der Waals surface area contributed by atoms with Crippen LogP contribution in [0.2, 0.25) is 0 Å². The second-order valence-corrected chi connectivity index (χ2v) is 8.67. The van der Waals surface area contributed by atoms with Gasteiger partial charge in [-0.1, -0.05) is 0 Å². The van der Waals surface area contributed by atoms with Gasteiger partial charge in [0.1, 0.15) is 6.33 Å². The Morgan fingerprint density at radius 2 is 1.89 bits per heavy atom. The quantitative estimate of drug-likeness (QED) is 0.560. The number of hydrogen-bond donors (Lipinski definition) is 0. The molecule has 11 heteroatoms. The van der Waals surface area contributed by atoms with E-state index in [4.69, 9.17) is 10.7 Å². The molecule has 0 N–H and O–H groups in total. The lowest BCUT2D eigenvalue weighted by Gasteiger charge is -2.03. The lowest BCUT2D eigenvalue weighted by Crippen LogP contribution is -2.15. The number of nitrogens with zero attached hydrogens (tertiary/aromatic N) is 4. The van der Waals surface area contributed by atoms with E-state index < -0.39 is 30.4 Å². The smallest absolute Gasteiger partial charge is 0.233 e. The summed E-state index contributed by atoms with van der Waals surface area (Å²) in [4.78, 5) is 7.61. The highest BCUT2D eigenvalue weighted by Crippen LogP contribution is 2.19. The molecule has 0 saturated carbocycles. The second kappa shape index (κ2) is 4.69. The maximum absolute atomic E-state index is 12.1. The average Bonchev–Trinajstić information content (AvgIpc) is 2.68. The van der Waals surface area contributed by atoms with Gasteiger partial charge in [0.05, 0.1) is 23.1 Å². The second-order valence-electron chi connectivity index (χ2n) is 3.75. The molecule has 2 rings (SSSR count). The fraction of sp³-hybridized carbons (Fsp3) is 0.375. The Labute approximate surface area is 113 Å². The van der Waals surface area contributed by atoms with Gasteiger partial charge in [-0.3, -0.25) is 4.68 Å². The number of fused-ring (bicyclic) bond motifs is 1. The minimum Gasteiger partial charge on any atom is -0.250 e. The topological polar surface area (TPSA) is 112 Å². The zero-order valence-electron chi connectivity index (χ0n) is 9.69. The SMILES string of the molecule is Cn1ncc2c(S(=O)(=O)CCS(=O)(=O)Cl)ncnc21. The molecule has 0 aliphatic carbocycles. The Bertz CT molecular complexity index is 828. The van der Waals surface area contributed by atoms with E-state index in [0.29, 0.717) is 5.65 Å². The lowest BCUT2D eigenvalue weighted by molar-refractivity contribution is 0.590. The van der Waals surface area contributed by atoms with Crippen molar-refractivity contribution in [3.63, 3.8) is 0 Å². The van der Waals surface area contributed by atoms with Gasteiger partial charge < -0.3 is 0 Å². The Morgan fingerprint density at radius 3 is 2.53 bits per heavy atom. The third-order valence-electron chi connectivity index (χ3n) is 2.38. The molecule has 0 aliphatic rings. The molecule has 2 aromatic heterocycles. The van der Waals surface area contributed by atoms with Crippen LogP contribution in [0.3, 0.4) is 0 Å². The van der Waals surface area contributed by atoms with E-state index in [-0.39, 0.29) is 10.4 Å². The van der Waals surface area contributed by atoms with E-state index in [0.717, 1.165) is 6.33 Å². The molecule has 0 radical (unpaired) electrons. The predicted octanol–water partition coefficient (Wildman–Crippen LogP) is -0.294. The first kappa shape index (κ1) is 14.2. The number of hydrogen-bond acceptors (Lipinski definition) is 7. The minimum absolute atomic E-state index is 0.245. The molecule has 0 aliphatic heterocycles. The van der Waals surface area contributed by atoms with Gasteiger partial charge in [-0.15, -0.1) is 0 Å². The van der Waals surface area contributed by atoms with Crippen LogP contribution in [-0.2, 0) is 25.9 Å². The van der Waals surface area contributed by atoms with Gasteiger partial charge in [0.25, 0.3) is 0 Å². The summed E-state index contributed by atoms with van der Waals surface area (Å²) in [6, 6.07) is 0. The normalized spacial score (nSPS) is 12.9. The molecular weight excluding hydrogens is 316 g/mol. The Morgan fingerprint density at radius 1 is 1.21 bits per heavy atom. The summed E-state index contributed by atoms with van der Waals surface area (Å²) in [5.74, 6) is -1.32. The summed E-state index contributed by atoms with van der Waals surface area (Å²) in [5, 5.41) is 3.89. The third-order valence-corrected chi connectivity index (χ3v) is 5.45. The molecule has 0 amide bonds. The molecule has 0 unspecified atom stereocenters. The predicted molar refractivity (Wildman–Crippen MR) is 68.0 cm³/mol. The van der Waals surface area contributed by atoms with Gasteiger partial charge in [-0.05, 0) is 0 Å². The van der Waals surface area contributed by atoms with Crippen LogP contribution >= 0.6 is 10.7 Å². The molecule has 2 aromatic rings. The maximum atomic E-state index is 12.1. The van der Waals surface area contributed by atoms with Crippen molar-refractivity contribution in [1.29, 1.82) is 0 Å². The van der Waals surface area contributed by atoms with Crippen molar-refractivity contribution in [2.75, 3.05) is 11.5 Å². The van der Waals surface area contributed by atoms with Crippen LogP contribution in [-0.4, -0.2) is 48.1 Å². The first-order chi connectivity index (χ1) is 8.71. The fourth-order valence-corrected chi connectivity index (χ4v) is 4.62. The van der Waals surface area contributed by atoms with E-state index in [1.807, 2.05) is 0 Å². The highest BCUT2D eigenvalue weighted by molar-refractivity contribution is 8.14. The number of halogens is 1. The first-order valence-corrected chi connectivity index (χ1v) is 9.11.